The Morgan fingerprint density at radius 2 is 1.84 bits per heavy atom. The fraction of sp³-hybridized carbons (Fsp3) is 0.392. The Morgan fingerprint density at radius 3 is 2.61 bits per heavy atom. The van der Waals surface area contributed by atoms with Gasteiger partial charge in [0.2, 0.25) is 17.7 Å². The molecule has 4 aromatic rings. The van der Waals surface area contributed by atoms with Gasteiger partial charge in [0.25, 0.3) is 11.8 Å². The SMILES string of the molecule is COc1cc(C(=O)NC2CCOC(C#Cc3cccc4c3CN(C3CCC(=O)NC3=O)C4=O)C2)ccc1NC(=O)[C@@H]1N[C@@H](CC(C)(C)C)[C@@]2(CNc3cc(Cl)ccc32)[C@H]1c1cccc(Cl)c1F. The molecule has 5 N–H and O–H groups in total. The minimum absolute atomic E-state index is 0.0384. The third-order valence-corrected chi connectivity index (χ3v) is 14.2. The molecule has 1 spiro atoms. The van der Waals surface area contributed by atoms with Crippen molar-refractivity contribution in [1.82, 2.24) is 20.9 Å². The van der Waals surface area contributed by atoms with Gasteiger partial charge in [-0.1, -0.05) is 80.1 Å². The largest absolute Gasteiger partial charge is 0.495 e. The molecular formula is C51H51Cl2FN6O7. The lowest BCUT2D eigenvalue weighted by Gasteiger charge is -2.39. The van der Waals surface area contributed by atoms with E-state index < -0.39 is 47.2 Å². The molecule has 3 saturated heterocycles. The van der Waals surface area contributed by atoms with Crippen LogP contribution in [0.15, 0.2) is 72.8 Å². The number of carbonyl (C=O) groups excluding carboxylic acids is 5. The highest BCUT2D eigenvalue weighted by molar-refractivity contribution is 6.31. The summed E-state index contributed by atoms with van der Waals surface area (Å²) < 4.78 is 28.0. The van der Waals surface area contributed by atoms with Crippen LogP contribution in [0.2, 0.25) is 10.0 Å². The molecule has 5 aliphatic rings. The fourth-order valence-electron chi connectivity index (χ4n) is 10.6. The van der Waals surface area contributed by atoms with Crippen molar-refractivity contribution in [2.45, 2.75) is 101 Å². The first-order valence-electron chi connectivity index (χ1n) is 22.5. The van der Waals surface area contributed by atoms with Crippen molar-refractivity contribution in [2.75, 3.05) is 30.9 Å². The van der Waals surface area contributed by atoms with Crippen LogP contribution in [0, 0.1) is 23.1 Å². The summed E-state index contributed by atoms with van der Waals surface area (Å²) in [6.07, 6.45) is 1.55. The van der Waals surface area contributed by atoms with Crippen LogP contribution < -0.4 is 31.3 Å². The molecule has 67 heavy (non-hydrogen) atoms. The maximum absolute atomic E-state index is 16.3. The highest BCUT2D eigenvalue weighted by Crippen LogP contribution is 2.56. The minimum atomic E-state index is -0.918. The van der Waals surface area contributed by atoms with Crippen molar-refractivity contribution in [2.24, 2.45) is 5.41 Å². The van der Waals surface area contributed by atoms with E-state index in [-0.39, 0.29) is 65.4 Å². The van der Waals surface area contributed by atoms with E-state index in [1.54, 1.807) is 42.5 Å². The number of halogens is 3. The second-order valence-corrected chi connectivity index (χ2v) is 20.0. The van der Waals surface area contributed by atoms with Gasteiger partial charge in [-0.2, -0.15) is 0 Å². The molecule has 5 heterocycles. The van der Waals surface area contributed by atoms with Gasteiger partial charge in [-0.3, -0.25) is 29.3 Å². The van der Waals surface area contributed by atoms with Gasteiger partial charge in [0, 0.05) is 76.7 Å². The third-order valence-electron chi connectivity index (χ3n) is 13.7. The van der Waals surface area contributed by atoms with Gasteiger partial charge in [-0.25, -0.2) is 4.39 Å². The van der Waals surface area contributed by atoms with Gasteiger partial charge in [0.1, 0.15) is 23.7 Å². The standard InChI is InChI=1S/C51H51Cl2FN6O7/c1-50(2,3)24-41-51(26-55-38-22-29(52)13-15-35(38)51)43(33-9-6-10-36(53)44(33)54)45(58-41)48(64)57-37-16-12-28(21-40(37)66-4)46(62)56-30-19-20-67-31(23-30)14-11-27-7-5-8-32-34(27)25-60(49(32)65)39-17-18-42(61)59-47(39)63/h5-10,12-13,15-16,21-22,30-31,39,41,43,45,55,58H,17-20,23-26H2,1-4H3,(H,56,62)(H,57,64)(H,59,61,63)/t30?,31?,39?,41-,43-,45+,51-/m0/s1. The van der Waals surface area contributed by atoms with E-state index in [9.17, 15) is 24.0 Å². The molecule has 348 valence electrons. The summed E-state index contributed by atoms with van der Waals surface area (Å²) >= 11 is 12.9. The van der Waals surface area contributed by atoms with Gasteiger partial charge in [0.15, 0.2) is 0 Å². The van der Waals surface area contributed by atoms with E-state index in [0.717, 1.165) is 11.3 Å². The Balaban J connectivity index is 0.907. The number of piperidine rings is 1. The Kier molecular flexibility index (Phi) is 12.6. The molecule has 0 radical (unpaired) electrons. The summed E-state index contributed by atoms with van der Waals surface area (Å²) in [7, 11) is 1.46. The smallest absolute Gasteiger partial charge is 0.255 e. The lowest BCUT2D eigenvalue weighted by Crippen LogP contribution is -2.52. The van der Waals surface area contributed by atoms with Crippen LogP contribution >= 0.6 is 23.2 Å². The first-order chi connectivity index (χ1) is 32.0. The second kappa shape index (κ2) is 18.3. The molecule has 5 amide bonds. The molecule has 7 atom stereocenters. The molecule has 3 fully saturated rings. The topological polar surface area (TPSA) is 167 Å². The van der Waals surface area contributed by atoms with E-state index in [4.69, 9.17) is 32.7 Å². The molecule has 9 rings (SSSR count). The zero-order valence-corrected chi connectivity index (χ0v) is 39.0. The number of hydrogen-bond donors (Lipinski definition) is 5. The van der Waals surface area contributed by atoms with Gasteiger partial charge in [0.05, 0.1) is 30.5 Å². The summed E-state index contributed by atoms with van der Waals surface area (Å²) in [6, 6.07) is 18.4. The number of nitrogens with zero attached hydrogens (tertiary/aromatic N) is 1. The first-order valence-corrected chi connectivity index (χ1v) is 23.2. The third kappa shape index (κ3) is 8.86. The number of anilines is 2. The predicted octanol–water partition coefficient (Wildman–Crippen LogP) is 7.09. The molecular weight excluding hydrogens is 898 g/mol. The summed E-state index contributed by atoms with van der Waals surface area (Å²) in [5.41, 5.74) is 3.60. The Hall–Kier alpha value is -5.98. The number of rotatable bonds is 8. The molecule has 0 aromatic heterocycles. The van der Waals surface area contributed by atoms with Crippen LogP contribution in [-0.4, -0.2) is 85.0 Å². The minimum Gasteiger partial charge on any atom is -0.495 e. The van der Waals surface area contributed by atoms with Crippen LogP contribution in [0.4, 0.5) is 15.8 Å². The highest BCUT2D eigenvalue weighted by atomic mass is 35.5. The zero-order valence-electron chi connectivity index (χ0n) is 37.5. The van der Waals surface area contributed by atoms with Crippen LogP contribution in [-0.2, 0) is 31.1 Å². The van der Waals surface area contributed by atoms with E-state index in [0.29, 0.717) is 70.9 Å². The number of nitrogens with one attached hydrogen (secondary N) is 5. The average molecular weight is 950 g/mol. The van der Waals surface area contributed by atoms with E-state index in [1.165, 1.54) is 18.1 Å². The fourth-order valence-corrected chi connectivity index (χ4v) is 10.9. The average Bonchev–Trinajstić information content (AvgIpc) is 3.94. The number of amides is 5. The van der Waals surface area contributed by atoms with Crippen molar-refractivity contribution < 1.29 is 37.8 Å². The highest BCUT2D eigenvalue weighted by Gasteiger charge is 2.61. The number of hydrogen-bond acceptors (Lipinski definition) is 9. The Labute approximate surface area is 398 Å². The summed E-state index contributed by atoms with van der Waals surface area (Å²) in [5, 5.41) is 16.2. The van der Waals surface area contributed by atoms with Gasteiger partial charge < -0.3 is 35.6 Å². The van der Waals surface area contributed by atoms with E-state index in [2.05, 4.69) is 59.2 Å². The lowest BCUT2D eigenvalue weighted by molar-refractivity contribution is -0.137. The maximum atomic E-state index is 16.3. The van der Waals surface area contributed by atoms with Crippen molar-refractivity contribution in [3.8, 4) is 17.6 Å². The first kappa shape index (κ1) is 46.1. The van der Waals surface area contributed by atoms with Gasteiger partial charge in [-0.05, 0) is 89.9 Å². The molecule has 5 aliphatic heterocycles. The summed E-state index contributed by atoms with van der Waals surface area (Å²) in [5.74, 6) is 3.46. The molecule has 13 nitrogen and oxygen atoms in total. The second-order valence-electron chi connectivity index (χ2n) is 19.1. The quantitative estimate of drug-likeness (QED) is 0.0916. The molecule has 0 saturated carbocycles. The monoisotopic (exact) mass is 948 g/mol. The normalized spacial score (nSPS) is 25.4. The lowest BCUT2D eigenvalue weighted by atomic mass is 9.63. The number of ether oxygens (including phenoxy) is 2. The molecule has 3 unspecified atom stereocenters. The molecule has 0 aliphatic carbocycles. The number of methoxy groups -OCH3 is 1. The van der Waals surface area contributed by atoms with Crippen molar-refractivity contribution in [1.29, 1.82) is 0 Å². The number of carbonyl (C=O) groups is 5. The van der Waals surface area contributed by atoms with Gasteiger partial charge >= 0.3 is 0 Å². The van der Waals surface area contributed by atoms with Crippen molar-refractivity contribution >= 4 is 64.1 Å². The number of fused-ring (bicyclic) bond motifs is 3. The molecule has 0 bridgehead atoms. The maximum Gasteiger partial charge on any atom is 0.255 e. The van der Waals surface area contributed by atoms with E-state index >= 15 is 4.39 Å². The van der Waals surface area contributed by atoms with Crippen molar-refractivity contribution in [3.05, 3.63) is 122 Å². The Morgan fingerprint density at radius 1 is 1.03 bits per heavy atom. The van der Waals surface area contributed by atoms with Crippen molar-refractivity contribution in [3.63, 3.8) is 0 Å². The Bertz CT molecular complexity index is 2770. The van der Waals surface area contributed by atoms with Crippen LogP contribution in [0.3, 0.4) is 0 Å². The summed E-state index contributed by atoms with van der Waals surface area (Å²) in [4.78, 5) is 67.6. The summed E-state index contributed by atoms with van der Waals surface area (Å²) in [6.45, 7) is 7.39. The predicted molar refractivity (Wildman–Crippen MR) is 252 cm³/mol. The number of benzene rings is 4. The number of imide groups is 1. The molecule has 16 heteroatoms. The molecule has 4 aromatic carbocycles. The van der Waals surface area contributed by atoms with Crippen LogP contribution in [0.25, 0.3) is 0 Å². The van der Waals surface area contributed by atoms with Gasteiger partial charge in [-0.15, -0.1) is 0 Å². The van der Waals surface area contributed by atoms with Crippen LogP contribution in [0.5, 0.6) is 5.75 Å². The zero-order chi connectivity index (χ0) is 47.4. The van der Waals surface area contributed by atoms with Crippen LogP contribution in [0.1, 0.15) is 102 Å². The van der Waals surface area contributed by atoms with E-state index in [1.807, 2.05) is 24.3 Å².